The first kappa shape index (κ1) is 20.7. The topological polar surface area (TPSA) is 75.6 Å². The molecule has 0 saturated heterocycles. The van der Waals surface area contributed by atoms with Gasteiger partial charge in [-0.1, -0.05) is 39.3 Å². The molecule has 1 amide bonds. The van der Waals surface area contributed by atoms with Crippen LogP contribution in [0.15, 0.2) is 36.4 Å². The van der Waals surface area contributed by atoms with E-state index in [9.17, 15) is 9.59 Å². The first-order valence-corrected chi connectivity index (χ1v) is 8.79. The van der Waals surface area contributed by atoms with Crippen LogP contribution in [0.4, 0.5) is 0 Å². The Balaban J connectivity index is 2.78. The molecule has 0 heterocycles. The van der Waals surface area contributed by atoms with Crippen molar-refractivity contribution >= 4 is 11.9 Å². The second kappa shape index (κ2) is 10.5. The first-order chi connectivity index (χ1) is 11.8. The van der Waals surface area contributed by atoms with Crippen LogP contribution in [0.5, 0.6) is 5.75 Å². The molecule has 1 aromatic carbocycles. The van der Waals surface area contributed by atoms with Gasteiger partial charge in [-0.25, -0.2) is 4.79 Å². The first-order valence-electron chi connectivity index (χ1n) is 8.79. The van der Waals surface area contributed by atoms with Crippen LogP contribution in [-0.2, 0) is 9.59 Å². The van der Waals surface area contributed by atoms with Crippen molar-refractivity contribution in [1.82, 2.24) is 5.32 Å². The van der Waals surface area contributed by atoms with Crippen molar-refractivity contribution in [2.75, 3.05) is 6.61 Å². The summed E-state index contributed by atoms with van der Waals surface area (Å²) >= 11 is 0. The number of ether oxygens (including phenoxy) is 1. The Morgan fingerprint density at radius 1 is 1.16 bits per heavy atom. The van der Waals surface area contributed by atoms with Gasteiger partial charge < -0.3 is 15.2 Å². The summed E-state index contributed by atoms with van der Waals surface area (Å²) in [6.07, 6.45) is 4.01. The van der Waals surface area contributed by atoms with Gasteiger partial charge >= 0.3 is 5.97 Å². The minimum Gasteiger partial charge on any atom is -0.494 e. The Morgan fingerprint density at radius 2 is 1.80 bits per heavy atom. The van der Waals surface area contributed by atoms with Crippen molar-refractivity contribution < 1.29 is 19.4 Å². The number of aliphatic carboxylic acids is 1. The normalized spacial score (nSPS) is 13.6. The van der Waals surface area contributed by atoms with Crippen molar-refractivity contribution in [1.29, 1.82) is 0 Å². The fourth-order valence-electron chi connectivity index (χ4n) is 2.88. The average Bonchev–Trinajstić information content (AvgIpc) is 2.54. The number of hydrogen-bond donors (Lipinski definition) is 2. The van der Waals surface area contributed by atoms with Crippen LogP contribution in [0, 0.1) is 5.92 Å². The predicted octanol–water partition coefficient (Wildman–Crippen LogP) is 3.75. The summed E-state index contributed by atoms with van der Waals surface area (Å²) < 4.78 is 5.69. The summed E-state index contributed by atoms with van der Waals surface area (Å²) in [6, 6.07) is 7.85. The highest BCUT2D eigenvalue weighted by Gasteiger charge is 2.23. The van der Waals surface area contributed by atoms with Crippen LogP contribution in [0.1, 0.15) is 52.0 Å². The maximum atomic E-state index is 11.8. The molecule has 0 spiro atoms. The van der Waals surface area contributed by atoms with Crippen molar-refractivity contribution in [2.45, 2.75) is 52.5 Å². The molecule has 138 valence electrons. The Kier molecular flexibility index (Phi) is 8.75. The van der Waals surface area contributed by atoms with Gasteiger partial charge in [0.15, 0.2) is 0 Å². The molecule has 2 N–H and O–H groups in total. The Morgan fingerprint density at radius 3 is 2.32 bits per heavy atom. The molecule has 1 aromatic rings. The van der Waals surface area contributed by atoms with E-state index in [0.717, 1.165) is 36.3 Å². The van der Waals surface area contributed by atoms with Gasteiger partial charge in [0.05, 0.1) is 6.61 Å². The molecular weight excluding hydrogens is 318 g/mol. The lowest BCUT2D eigenvalue weighted by Crippen LogP contribution is -2.38. The number of carboxylic acid groups (broad SMARTS) is 1. The lowest BCUT2D eigenvalue weighted by Gasteiger charge is -2.28. The van der Waals surface area contributed by atoms with Crippen LogP contribution in [-0.4, -0.2) is 29.6 Å². The summed E-state index contributed by atoms with van der Waals surface area (Å²) in [7, 11) is 0. The molecule has 0 aliphatic rings. The monoisotopic (exact) mass is 347 g/mol. The fourth-order valence-corrected chi connectivity index (χ4v) is 2.88. The second-order valence-corrected chi connectivity index (χ2v) is 6.51. The quantitative estimate of drug-likeness (QED) is 0.499. The van der Waals surface area contributed by atoms with E-state index < -0.39 is 11.9 Å². The number of carbonyl (C=O) groups is 2. The maximum Gasteiger partial charge on any atom is 0.328 e. The number of amides is 1. The lowest BCUT2D eigenvalue weighted by molar-refractivity contribution is -0.131. The summed E-state index contributed by atoms with van der Waals surface area (Å²) in [5, 5.41) is 11.4. The van der Waals surface area contributed by atoms with Crippen LogP contribution in [0.2, 0.25) is 0 Å². The zero-order valence-corrected chi connectivity index (χ0v) is 15.5. The van der Waals surface area contributed by atoms with Gasteiger partial charge in [0, 0.05) is 24.1 Å². The SMILES string of the molecule is CCCCOc1ccc([C@@H](C(C)C)[C@@H](C)NC(=O)/C=C/C(=O)O)cc1. The molecule has 0 radical (unpaired) electrons. The van der Waals surface area contributed by atoms with Gasteiger partial charge in [0.25, 0.3) is 0 Å². The van der Waals surface area contributed by atoms with Crippen LogP contribution in [0.25, 0.3) is 0 Å². The van der Waals surface area contributed by atoms with E-state index in [2.05, 4.69) is 26.1 Å². The van der Waals surface area contributed by atoms with Gasteiger partial charge in [-0.15, -0.1) is 0 Å². The number of benzene rings is 1. The highest BCUT2D eigenvalue weighted by atomic mass is 16.5. The van der Waals surface area contributed by atoms with E-state index in [0.29, 0.717) is 12.5 Å². The molecule has 25 heavy (non-hydrogen) atoms. The Labute approximate surface area is 150 Å². The number of carboxylic acids is 1. The molecular formula is C20H29NO4. The second-order valence-electron chi connectivity index (χ2n) is 6.51. The molecule has 0 bridgehead atoms. The summed E-state index contributed by atoms with van der Waals surface area (Å²) in [5.74, 6) is -0.264. The standard InChI is InChI=1S/C20H29NO4/c1-5-6-13-25-17-9-7-16(8-10-17)20(14(2)3)15(4)21-18(22)11-12-19(23)24/h7-12,14-15,20H,5-6,13H2,1-4H3,(H,21,22)(H,23,24)/b12-11+/t15-,20+/m1/s1. The molecule has 5 heteroatoms. The fraction of sp³-hybridized carbons (Fsp3) is 0.500. The molecule has 1 rings (SSSR count). The van der Waals surface area contributed by atoms with Gasteiger partial charge in [0.2, 0.25) is 5.91 Å². The number of carbonyl (C=O) groups excluding carboxylic acids is 1. The smallest absolute Gasteiger partial charge is 0.328 e. The van der Waals surface area contributed by atoms with E-state index in [1.54, 1.807) is 0 Å². The molecule has 0 aromatic heterocycles. The van der Waals surface area contributed by atoms with E-state index in [4.69, 9.17) is 9.84 Å². The zero-order chi connectivity index (χ0) is 18.8. The van der Waals surface area contributed by atoms with Crippen LogP contribution < -0.4 is 10.1 Å². The van der Waals surface area contributed by atoms with Gasteiger partial charge in [0.1, 0.15) is 5.75 Å². The third kappa shape index (κ3) is 7.42. The highest BCUT2D eigenvalue weighted by Crippen LogP contribution is 2.29. The van der Waals surface area contributed by atoms with Gasteiger partial charge in [-0.2, -0.15) is 0 Å². The maximum absolute atomic E-state index is 11.8. The lowest BCUT2D eigenvalue weighted by atomic mass is 9.83. The van der Waals surface area contributed by atoms with Crippen molar-refractivity contribution in [3.63, 3.8) is 0 Å². The van der Waals surface area contributed by atoms with Crippen LogP contribution >= 0.6 is 0 Å². The molecule has 0 aliphatic heterocycles. The van der Waals surface area contributed by atoms with E-state index in [1.807, 2.05) is 31.2 Å². The van der Waals surface area contributed by atoms with E-state index in [1.165, 1.54) is 0 Å². The number of unbranched alkanes of at least 4 members (excludes halogenated alkanes) is 1. The van der Waals surface area contributed by atoms with Crippen molar-refractivity contribution in [3.8, 4) is 5.75 Å². The van der Waals surface area contributed by atoms with E-state index in [-0.39, 0.29) is 12.0 Å². The molecule has 5 nitrogen and oxygen atoms in total. The Hall–Kier alpha value is -2.30. The molecule has 0 unspecified atom stereocenters. The number of hydrogen-bond acceptors (Lipinski definition) is 3. The average molecular weight is 347 g/mol. The summed E-state index contributed by atoms with van der Waals surface area (Å²) in [4.78, 5) is 22.3. The van der Waals surface area contributed by atoms with Gasteiger partial charge in [-0.3, -0.25) is 4.79 Å². The van der Waals surface area contributed by atoms with Gasteiger partial charge in [-0.05, 0) is 37.0 Å². The van der Waals surface area contributed by atoms with E-state index >= 15 is 0 Å². The minimum absolute atomic E-state index is 0.117. The number of nitrogens with one attached hydrogen (secondary N) is 1. The van der Waals surface area contributed by atoms with Crippen molar-refractivity contribution in [3.05, 3.63) is 42.0 Å². The molecule has 2 atom stereocenters. The molecule has 0 fully saturated rings. The zero-order valence-electron chi connectivity index (χ0n) is 15.5. The van der Waals surface area contributed by atoms with Crippen molar-refractivity contribution in [2.24, 2.45) is 5.92 Å². The van der Waals surface area contributed by atoms with Crippen LogP contribution in [0.3, 0.4) is 0 Å². The predicted molar refractivity (Wildman–Crippen MR) is 98.8 cm³/mol. The third-order valence-electron chi connectivity index (χ3n) is 4.04. The summed E-state index contributed by atoms with van der Waals surface area (Å²) in [6.45, 7) is 8.98. The number of rotatable bonds is 10. The summed E-state index contributed by atoms with van der Waals surface area (Å²) in [5.41, 5.74) is 1.12. The Bertz CT molecular complexity index is 578. The largest absolute Gasteiger partial charge is 0.494 e. The molecule has 0 aliphatic carbocycles. The molecule has 0 saturated carbocycles. The highest BCUT2D eigenvalue weighted by molar-refractivity contribution is 5.94. The minimum atomic E-state index is -1.14. The third-order valence-corrected chi connectivity index (χ3v) is 4.04.